The van der Waals surface area contributed by atoms with Crippen molar-refractivity contribution < 1.29 is 9.00 Å². The molecule has 0 radical (unpaired) electrons. The van der Waals surface area contributed by atoms with Gasteiger partial charge in [0, 0.05) is 0 Å². The average molecular weight is 405 g/mol. The van der Waals surface area contributed by atoms with Crippen LogP contribution < -0.4 is 3.58 Å². The Balaban J connectivity index is 2.25. The molecule has 1 unspecified atom stereocenters. The Morgan fingerprint density at radius 1 is 0.857 bits per heavy atom. The third-order valence-electron chi connectivity index (χ3n) is 3.99. The van der Waals surface area contributed by atoms with E-state index in [0.29, 0.717) is 0 Å². The van der Waals surface area contributed by atoms with Gasteiger partial charge < -0.3 is 0 Å². The fourth-order valence-electron chi connectivity index (χ4n) is 2.70. The number of ketones is 1. The van der Waals surface area contributed by atoms with E-state index in [1.165, 1.54) is 3.58 Å². The molecule has 0 spiro atoms. The number of hydrogen-bond donors (Lipinski definition) is 0. The van der Waals surface area contributed by atoms with E-state index >= 15 is 0 Å². The quantitative estimate of drug-likeness (QED) is 0.614. The van der Waals surface area contributed by atoms with Crippen LogP contribution in [0.5, 0.6) is 0 Å². The van der Waals surface area contributed by atoms with E-state index in [2.05, 4.69) is 27.0 Å². The van der Waals surface area contributed by atoms with Crippen LogP contribution in [0.15, 0.2) is 41.3 Å². The minimum absolute atomic E-state index is 0.0871. The van der Waals surface area contributed by atoms with Crippen LogP contribution in [0.1, 0.15) is 15.9 Å². The first-order valence-corrected chi connectivity index (χ1v) is 18.5. The maximum absolute atomic E-state index is 12.5. The third-order valence-corrected chi connectivity index (χ3v) is 10.7. The molecule has 108 valence electrons. The van der Waals surface area contributed by atoms with Gasteiger partial charge in [-0.2, -0.15) is 0 Å². The van der Waals surface area contributed by atoms with Crippen LogP contribution >= 0.6 is 0 Å². The Kier molecular flexibility index (Phi) is 3.61. The average Bonchev–Trinajstić information content (AvgIpc) is 2.70. The third kappa shape index (κ3) is 2.50. The Labute approximate surface area is 131 Å². The SMILES string of the molecule is CS(=O)c1ccc2c(c1)-c1c[c]([Sn]([CH3])([CH3])[CH3])ccc1C2=O. The van der Waals surface area contributed by atoms with Gasteiger partial charge in [0.1, 0.15) is 0 Å². The fraction of sp³-hybridized carbons (Fsp3) is 0.235. The summed E-state index contributed by atoms with van der Waals surface area (Å²) in [5.41, 5.74) is 3.48. The van der Waals surface area contributed by atoms with Gasteiger partial charge in [-0.3, -0.25) is 0 Å². The second kappa shape index (κ2) is 5.06. The number of carbonyl (C=O) groups is 1. The van der Waals surface area contributed by atoms with Crippen LogP contribution in [0.25, 0.3) is 11.1 Å². The Bertz CT molecular complexity index is 788. The summed E-state index contributed by atoms with van der Waals surface area (Å²) in [6, 6.07) is 11.8. The van der Waals surface area contributed by atoms with Gasteiger partial charge in [-0.05, 0) is 0 Å². The van der Waals surface area contributed by atoms with Crippen molar-refractivity contribution in [3.63, 3.8) is 0 Å². The fourth-order valence-corrected chi connectivity index (χ4v) is 6.56. The van der Waals surface area contributed by atoms with Gasteiger partial charge in [-0.1, -0.05) is 0 Å². The summed E-state index contributed by atoms with van der Waals surface area (Å²) in [7, 11) is -1.03. The number of fused-ring (bicyclic) bond motifs is 3. The molecular formula is C17H18O2SSn. The van der Waals surface area contributed by atoms with Gasteiger partial charge in [0.2, 0.25) is 0 Å². The van der Waals surface area contributed by atoms with E-state index in [-0.39, 0.29) is 5.78 Å². The first kappa shape index (κ1) is 15.0. The number of rotatable bonds is 2. The van der Waals surface area contributed by atoms with Crippen molar-refractivity contribution in [2.24, 2.45) is 0 Å². The Morgan fingerprint density at radius 3 is 2.00 bits per heavy atom. The van der Waals surface area contributed by atoms with Crippen LogP contribution in [0.4, 0.5) is 0 Å². The molecule has 0 saturated heterocycles. The monoisotopic (exact) mass is 406 g/mol. The molecule has 2 nitrogen and oxygen atoms in total. The van der Waals surface area contributed by atoms with Gasteiger partial charge in [0.15, 0.2) is 0 Å². The Hall–Kier alpha value is -0.941. The molecule has 1 aliphatic rings. The van der Waals surface area contributed by atoms with Crippen molar-refractivity contribution >= 4 is 38.5 Å². The molecule has 2 aromatic rings. The van der Waals surface area contributed by atoms with Crippen LogP contribution in [0, 0.1) is 0 Å². The summed E-state index contributed by atoms with van der Waals surface area (Å²) >= 11 is -2.17. The van der Waals surface area contributed by atoms with Gasteiger partial charge in [0.05, 0.1) is 0 Å². The van der Waals surface area contributed by atoms with Gasteiger partial charge in [-0.25, -0.2) is 0 Å². The predicted molar refractivity (Wildman–Crippen MR) is 90.6 cm³/mol. The molecule has 0 aliphatic heterocycles. The second-order valence-electron chi connectivity index (χ2n) is 6.50. The number of benzene rings is 2. The first-order chi connectivity index (χ1) is 9.79. The summed E-state index contributed by atoms with van der Waals surface area (Å²) in [5, 5.41) is 0. The zero-order valence-electron chi connectivity index (χ0n) is 12.7. The molecule has 3 rings (SSSR count). The predicted octanol–water partition coefficient (Wildman–Crippen LogP) is 3.18. The van der Waals surface area contributed by atoms with Crippen LogP contribution in [0.3, 0.4) is 0 Å². The van der Waals surface area contributed by atoms with E-state index in [4.69, 9.17) is 0 Å². The van der Waals surface area contributed by atoms with E-state index in [1.807, 2.05) is 18.2 Å². The summed E-state index contributed by atoms with van der Waals surface area (Å²) in [4.78, 5) is 20.3. The van der Waals surface area contributed by atoms with Crippen molar-refractivity contribution in [1.82, 2.24) is 0 Å². The standard InChI is InChI=1S/C14H9O2S.3CH3.Sn/c1-17(16)9-6-7-12-13(8-9)10-4-2-3-5-11(10)14(12)15;;;;/h3-8H,1H3;3*1H3;. The molecule has 21 heavy (non-hydrogen) atoms. The molecule has 0 aromatic heterocycles. The first-order valence-electron chi connectivity index (χ1n) is 6.96. The number of hydrogen-bond acceptors (Lipinski definition) is 2. The van der Waals surface area contributed by atoms with E-state index in [9.17, 15) is 9.00 Å². The van der Waals surface area contributed by atoms with Crippen LogP contribution in [0.2, 0.25) is 14.8 Å². The molecule has 4 heteroatoms. The minimum atomic E-state index is -2.17. The van der Waals surface area contributed by atoms with E-state index < -0.39 is 29.2 Å². The summed E-state index contributed by atoms with van der Waals surface area (Å²) in [6.07, 6.45) is 1.67. The molecule has 2 aromatic carbocycles. The second-order valence-corrected chi connectivity index (χ2v) is 22.4. The molecule has 1 aliphatic carbocycles. The van der Waals surface area contributed by atoms with Gasteiger partial charge >= 0.3 is 132 Å². The molecular weight excluding hydrogens is 387 g/mol. The zero-order chi connectivity index (χ0) is 15.4. The van der Waals surface area contributed by atoms with Gasteiger partial charge in [0.25, 0.3) is 0 Å². The summed E-state index contributed by atoms with van der Waals surface area (Å²) in [6.45, 7) is 0. The summed E-state index contributed by atoms with van der Waals surface area (Å²) < 4.78 is 13.1. The molecule has 0 amide bonds. The molecule has 0 heterocycles. The van der Waals surface area contributed by atoms with Crippen molar-refractivity contribution in [2.75, 3.05) is 6.26 Å². The van der Waals surface area contributed by atoms with Crippen molar-refractivity contribution in [1.29, 1.82) is 0 Å². The van der Waals surface area contributed by atoms with Crippen molar-refractivity contribution in [2.45, 2.75) is 19.7 Å². The van der Waals surface area contributed by atoms with E-state index in [0.717, 1.165) is 27.1 Å². The Morgan fingerprint density at radius 2 is 1.43 bits per heavy atom. The van der Waals surface area contributed by atoms with E-state index in [1.54, 1.807) is 12.3 Å². The molecule has 0 bridgehead atoms. The number of carbonyl (C=O) groups excluding carboxylic acids is 1. The van der Waals surface area contributed by atoms with Crippen LogP contribution in [-0.2, 0) is 10.8 Å². The molecule has 0 N–H and O–H groups in total. The maximum atomic E-state index is 12.5. The van der Waals surface area contributed by atoms with Crippen molar-refractivity contribution in [3.8, 4) is 11.1 Å². The van der Waals surface area contributed by atoms with Crippen LogP contribution in [-0.4, -0.2) is 34.6 Å². The molecule has 0 saturated carbocycles. The topological polar surface area (TPSA) is 34.1 Å². The van der Waals surface area contributed by atoms with Gasteiger partial charge in [-0.15, -0.1) is 0 Å². The zero-order valence-corrected chi connectivity index (χ0v) is 16.4. The van der Waals surface area contributed by atoms with Crippen molar-refractivity contribution in [3.05, 3.63) is 47.5 Å². The normalized spacial score (nSPS) is 14.8. The summed E-state index contributed by atoms with van der Waals surface area (Å²) in [5.74, 6) is 0.0871. The molecule has 0 fully saturated rings. The molecule has 1 atom stereocenters.